The summed E-state index contributed by atoms with van der Waals surface area (Å²) in [5.74, 6) is 1.43. The van der Waals surface area contributed by atoms with Crippen LogP contribution in [0.25, 0.3) is 0 Å². The van der Waals surface area contributed by atoms with Gasteiger partial charge in [0.1, 0.15) is 102 Å². The van der Waals surface area contributed by atoms with Gasteiger partial charge >= 0.3 is 0 Å². The van der Waals surface area contributed by atoms with Gasteiger partial charge in [0.25, 0.3) is 0 Å². The molecule has 0 aliphatic carbocycles. The van der Waals surface area contributed by atoms with Crippen LogP contribution in [0.2, 0.25) is 0 Å². The Balaban J connectivity index is 1.28. The van der Waals surface area contributed by atoms with Gasteiger partial charge in [-0.3, -0.25) is 0 Å². The van der Waals surface area contributed by atoms with Gasteiger partial charge in [-0.2, -0.15) is 0 Å². The summed E-state index contributed by atoms with van der Waals surface area (Å²) in [6.45, 7) is 25.1. The Kier molecular flexibility index (Phi) is 11.7. The van der Waals surface area contributed by atoms with Crippen LogP contribution in [0.5, 0.6) is 11.5 Å². The van der Waals surface area contributed by atoms with Crippen molar-refractivity contribution in [2.45, 2.75) is 26.1 Å². The Labute approximate surface area is 217 Å². The predicted molar refractivity (Wildman–Crippen MR) is 141 cm³/mol. The average Bonchev–Trinajstić information content (AvgIpc) is 2.84. The van der Waals surface area contributed by atoms with Gasteiger partial charge in [0, 0.05) is 0 Å². The molecule has 0 spiro atoms. The summed E-state index contributed by atoms with van der Waals surface area (Å²) in [5.41, 5.74) is 2.47. The Morgan fingerprint density at radius 2 is 0.972 bits per heavy atom. The fraction of sp³-hybridized carbons (Fsp3) is 0.643. The molecule has 2 aliphatic heterocycles. The van der Waals surface area contributed by atoms with Crippen LogP contribution in [0, 0.1) is 0 Å². The molecule has 36 heavy (non-hydrogen) atoms. The summed E-state index contributed by atoms with van der Waals surface area (Å²) < 4.78 is 11.6. The second kappa shape index (κ2) is 14.7. The van der Waals surface area contributed by atoms with E-state index < -0.39 is 12.2 Å². The molecule has 0 radical (unpaired) electrons. The minimum absolute atomic E-state index is 0.287. The summed E-state index contributed by atoms with van der Waals surface area (Å²) in [7, 11) is 0. The van der Waals surface area contributed by atoms with Gasteiger partial charge in [-0.25, -0.2) is 0 Å². The molecular formula is C28H50N4O4+4. The third kappa shape index (κ3) is 10.6. The lowest BCUT2D eigenvalue weighted by molar-refractivity contribution is -1.01. The van der Waals surface area contributed by atoms with E-state index in [0.29, 0.717) is 24.6 Å². The molecule has 0 saturated carbocycles. The van der Waals surface area contributed by atoms with Crippen molar-refractivity contribution in [3.05, 3.63) is 48.6 Å². The maximum atomic E-state index is 10.4. The van der Waals surface area contributed by atoms with Crippen molar-refractivity contribution in [1.29, 1.82) is 0 Å². The first-order chi connectivity index (χ1) is 17.3. The lowest BCUT2D eigenvalue weighted by atomic mass is 10.2. The number of hydrogen-bond donors (Lipinski definition) is 6. The fourth-order valence-corrected chi connectivity index (χ4v) is 5.33. The standard InChI is InChI=1S/C28H46N4O4/c1-23(2)17-29-9-13-31(14-10-29)19-25(33)21-35-27-5-7-28(8-6-27)36-22-26(34)20-32-15-11-30(12-16-32)18-24(3)4/h5-8,25-26,33-34H,1,3,9-22H2,2,4H3/p+4/t25-,26+. The number of aliphatic hydroxyl groups is 2. The van der Waals surface area contributed by atoms with Crippen LogP contribution in [-0.2, 0) is 0 Å². The summed E-state index contributed by atoms with van der Waals surface area (Å²) in [4.78, 5) is 6.06. The van der Waals surface area contributed by atoms with Gasteiger partial charge in [0.05, 0.1) is 13.1 Å². The molecule has 8 nitrogen and oxygen atoms in total. The zero-order valence-electron chi connectivity index (χ0n) is 22.5. The van der Waals surface area contributed by atoms with Gasteiger partial charge in [-0.1, -0.05) is 13.2 Å². The molecule has 2 saturated heterocycles. The third-order valence-corrected chi connectivity index (χ3v) is 7.19. The highest BCUT2D eigenvalue weighted by Gasteiger charge is 2.26. The monoisotopic (exact) mass is 506 g/mol. The van der Waals surface area contributed by atoms with Crippen LogP contribution in [0.4, 0.5) is 0 Å². The van der Waals surface area contributed by atoms with E-state index in [2.05, 4.69) is 27.0 Å². The highest BCUT2D eigenvalue weighted by atomic mass is 16.5. The zero-order chi connectivity index (χ0) is 25.9. The smallest absolute Gasteiger partial charge is 0.137 e. The van der Waals surface area contributed by atoms with E-state index in [1.165, 1.54) is 20.9 Å². The second-order valence-electron chi connectivity index (χ2n) is 11.1. The maximum Gasteiger partial charge on any atom is 0.137 e. The SMILES string of the molecule is C=C(C)C[NH+]1CC[NH+](C[C@H](O)COc2ccc(OC[C@H](O)C[NH+]3CC[NH+](CC(=C)C)CC3)cc2)CC1. The molecule has 0 amide bonds. The highest BCUT2D eigenvalue weighted by molar-refractivity contribution is 5.31. The predicted octanol–water partition coefficient (Wildman–Crippen LogP) is -4.12. The first kappa shape index (κ1) is 28.6. The molecule has 6 N–H and O–H groups in total. The molecular weight excluding hydrogens is 456 g/mol. The topological polar surface area (TPSA) is 76.7 Å². The molecule has 2 fully saturated rings. The van der Waals surface area contributed by atoms with E-state index in [4.69, 9.17) is 9.47 Å². The van der Waals surface area contributed by atoms with Gasteiger partial charge in [-0.15, -0.1) is 0 Å². The molecule has 2 aliphatic rings. The van der Waals surface area contributed by atoms with Crippen molar-refractivity contribution in [3.63, 3.8) is 0 Å². The summed E-state index contributed by atoms with van der Waals surface area (Å²) >= 11 is 0. The molecule has 0 unspecified atom stereocenters. The van der Waals surface area contributed by atoms with Gasteiger partial charge in [-0.05, 0) is 49.3 Å². The molecule has 2 heterocycles. The minimum Gasteiger partial charge on any atom is -0.491 e. The molecule has 2 atom stereocenters. The Morgan fingerprint density at radius 1 is 0.667 bits per heavy atom. The normalized spacial score (nSPS) is 26.1. The molecule has 8 heteroatoms. The number of nitrogens with one attached hydrogen (secondary N) is 4. The Hall–Kier alpha value is -1.94. The number of piperazine rings is 2. The first-order valence-corrected chi connectivity index (χ1v) is 13.6. The first-order valence-electron chi connectivity index (χ1n) is 13.6. The maximum absolute atomic E-state index is 10.4. The number of aliphatic hydroxyl groups excluding tert-OH is 2. The quantitative estimate of drug-likeness (QED) is 0.145. The average molecular weight is 507 g/mol. The van der Waals surface area contributed by atoms with E-state index >= 15 is 0 Å². The number of hydrogen-bond acceptors (Lipinski definition) is 4. The summed E-state index contributed by atoms with van der Waals surface area (Å²) in [5, 5.41) is 20.9. The van der Waals surface area contributed by atoms with Crippen LogP contribution in [0.1, 0.15) is 13.8 Å². The van der Waals surface area contributed by atoms with Crippen molar-refractivity contribution in [2.24, 2.45) is 0 Å². The third-order valence-electron chi connectivity index (χ3n) is 7.19. The Bertz CT molecular complexity index is 735. The highest BCUT2D eigenvalue weighted by Crippen LogP contribution is 2.17. The lowest BCUT2D eigenvalue weighted by Gasteiger charge is -2.30. The molecule has 1 aromatic rings. The van der Waals surface area contributed by atoms with Gasteiger partial charge in [0.15, 0.2) is 0 Å². The van der Waals surface area contributed by atoms with Crippen LogP contribution >= 0.6 is 0 Å². The van der Waals surface area contributed by atoms with E-state index in [0.717, 1.165) is 65.4 Å². The largest absolute Gasteiger partial charge is 0.491 e. The molecule has 1 aromatic carbocycles. The molecule has 202 valence electrons. The fourth-order valence-electron chi connectivity index (χ4n) is 5.33. The van der Waals surface area contributed by atoms with Crippen molar-refractivity contribution in [2.75, 3.05) is 91.8 Å². The van der Waals surface area contributed by atoms with E-state index in [1.54, 1.807) is 9.80 Å². The minimum atomic E-state index is -0.486. The van der Waals surface area contributed by atoms with Gasteiger partial charge in [0.2, 0.25) is 0 Å². The molecule has 0 aromatic heterocycles. The van der Waals surface area contributed by atoms with Crippen molar-refractivity contribution >= 4 is 0 Å². The van der Waals surface area contributed by atoms with Gasteiger partial charge < -0.3 is 39.3 Å². The molecule has 3 rings (SSSR count). The van der Waals surface area contributed by atoms with Crippen LogP contribution in [-0.4, -0.2) is 114 Å². The summed E-state index contributed by atoms with van der Waals surface area (Å²) in [6.07, 6.45) is -0.971. The lowest BCUT2D eigenvalue weighted by Crippen LogP contribution is -3.28. The van der Waals surface area contributed by atoms with E-state index in [9.17, 15) is 10.2 Å². The van der Waals surface area contributed by atoms with E-state index in [-0.39, 0.29) is 13.2 Å². The number of quaternary nitrogens is 4. The zero-order valence-corrected chi connectivity index (χ0v) is 22.5. The van der Waals surface area contributed by atoms with Crippen molar-refractivity contribution < 1.29 is 39.3 Å². The van der Waals surface area contributed by atoms with Crippen LogP contribution in [0.3, 0.4) is 0 Å². The number of rotatable bonds is 14. The molecule has 0 bridgehead atoms. The number of ether oxygens (including phenoxy) is 2. The van der Waals surface area contributed by atoms with E-state index in [1.807, 2.05) is 24.3 Å². The van der Waals surface area contributed by atoms with Crippen LogP contribution < -0.4 is 29.1 Å². The van der Waals surface area contributed by atoms with Crippen LogP contribution in [0.15, 0.2) is 48.6 Å². The van der Waals surface area contributed by atoms with Crippen molar-refractivity contribution in [3.8, 4) is 11.5 Å². The Morgan fingerprint density at radius 3 is 1.28 bits per heavy atom. The summed E-state index contributed by atoms with van der Waals surface area (Å²) in [6, 6.07) is 7.43. The number of benzene rings is 1. The second-order valence-corrected chi connectivity index (χ2v) is 11.1. The van der Waals surface area contributed by atoms with Crippen molar-refractivity contribution in [1.82, 2.24) is 0 Å².